The zero-order valence-corrected chi connectivity index (χ0v) is 11.1. The van der Waals surface area contributed by atoms with E-state index in [9.17, 15) is 0 Å². The lowest BCUT2D eigenvalue weighted by atomic mass is 10.1. The predicted octanol–water partition coefficient (Wildman–Crippen LogP) is 2.12. The van der Waals surface area contributed by atoms with Gasteiger partial charge in [0.25, 0.3) is 0 Å². The first kappa shape index (κ1) is 14.1. The monoisotopic (exact) mass is 260 g/mol. The molecule has 19 heavy (non-hydrogen) atoms. The summed E-state index contributed by atoms with van der Waals surface area (Å²) in [5.74, 6) is 5.50. The van der Waals surface area contributed by atoms with Gasteiger partial charge in [-0.3, -0.25) is 0 Å². The minimum absolute atomic E-state index is 0.105. The molecule has 1 aromatic rings. The molecule has 1 aliphatic heterocycles. The second-order valence-electron chi connectivity index (χ2n) is 4.66. The summed E-state index contributed by atoms with van der Waals surface area (Å²) in [4.78, 5) is 0. The van der Waals surface area contributed by atoms with Crippen LogP contribution < -0.4 is 0 Å². The zero-order valence-electron chi connectivity index (χ0n) is 11.1. The maximum atomic E-state index is 8.62. The number of ether oxygens (including phenoxy) is 2. The molecule has 0 saturated carbocycles. The molecular weight excluding hydrogens is 240 g/mol. The highest BCUT2D eigenvalue weighted by molar-refractivity contribution is 5.35. The van der Waals surface area contributed by atoms with Crippen LogP contribution in [0.2, 0.25) is 0 Å². The van der Waals surface area contributed by atoms with Gasteiger partial charge >= 0.3 is 0 Å². The van der Waals surface area contributed by atoms with E-state index in [4.69, 9.17) is 14.6 Å². The van der Waals surface area contributed by atoms with Crippen molar-refractivity contribution in [2.45, 2.75) is 32.0 Å². The van der Waals surface area contributed by atoms with Gasteiger partial charge in [-0.25, -0.2) is 0 Å². The highest BCUT2D eigenvalue weighted by Crippen LogP contribution is 2.13. The lowest BCUT2D eigenvalue weighted by molar-refractivity contribution is -0.0447. The van der Waals surface area contributed by atoms with Crippen molar-refractivity contribution in [1.82, 2.24) is 0 Å². The number of aliphatic hydroxyl groups excluding tert-OH is 1. The molecule has 1 atom stereocenters. The van der Waals surface area contributed by atoms with E-state index in [0.717, 1.165) is 24.2 Å². The summed E-state index contributed by atoms with van der Waals surface area (Å²) in [6.45, 7) is 2.04. The zero-order chi connectivity index (χ0) is 13.3. The molecule has 0 aliphatic carbocycles. The molecular formula is C16H20O3. The van der Waals surface area contributed by atoms with Gasteiger partial charge in [-0.2, -0.15) is 0 Å². The standard InChI is InChI=1S/C16H20O3/c17-10-3-4-14-6-8-15(9-7-14)12-18-13-16-5-1-2-11-19-16/h6-9,16-17H,1-2,5,10-13H2. The number of benzene rings is 1. The van der Waals surface area contributed by atoms with E-state index in [2.05, 4.69) is 11.8 Å². The Labute approximate surface area is 114 Å². The van der Waals surface area contributed by atoms with E-state index in [0.29, 0.717) is 13.2 Å². The smallest absolute Gasteiger partial charge is 0.104 e. The topological polar surface area (TPSA) is 38.7 Å². The maximum Gasteiger partial charge on any atom is 0.104 e. The summed E-state index contributed by atoms with van der Waals surface area (Å²) < 4.78 is 11.3. The molecule has 0 bridgehead atoms. The van der Waals surface area contributed by atoms with Crippen molar-refractivity contribution >= 4 is 0 Å². The normalized spacial score (nSPS) is 18.7. The summed E-state index contributed by atoms with van der Waals surface area (Å²) in [7, 11) is 0. The Morgan fingerprint density at radius 1 is 1.26 bits per heavy atom. The van der Waals surface area contributed by atoms with E-state index >= 15 is 0 Å². The Kier molecular flexibility index (Phi) is 5.90. The summed E-state index contributed by atoms with van der Waals surface area (Å²) in [5, 5.41) is 8.62. The van der Waals surface area contributed by atoms with Gasteiger partial charge in [-0.1, -0.05) is 24.0 Å². The van der Waals surface area contributed by atoms with Gasteiger partial charge in [0, 0.05) is 12.2 Å². The van der Waals surface area contributed by atoms with Crippen molar-refractivity contribution in [2.75, 3.05) is 19.8 Å². The highest BCUT2D eigenvalue weighted by Gasteiger charge is 2.13. The van der Waals surface area contributed by atoms with Gasteiger partial charge in [0.2, 0.25) is 0 Å². The quantitative estimate of drug-likeness (QED) is 0.843. The van der Waals surface area contributed by atoms with Crippen molar-refractivity contribution in [3.8, 4) is 11.8 Å². The third-order valence-corrected chi connectivity index (χ3v) is 3.11. The first-order valence-corrected chi connectivity index (χ1v) is 6.76. The van der Waals surface area contributed by atoms with E-state index < -0.39 is 0 Å². The summed E-state index contributed by atoms with van der Waals surface area (Å²) in [6.07, 6.45) is 3.79. The molecule has 3 heteroatoms. The largest absolute Gasteiger partial charge is 0.384 e. The Balaban J connectivity index is 1.73. The van der Waals surface area contributed by atoms with Gasteiger partial charge in [-0.15, -0.1) is 0 Å². The summed E-state index contributed by atoms with van der Waals surface area (Å²) in [6, 6.07) is 7.89. The molecule has 0 radical (unpaired) electrons. The van der Waals surface area contributed by atoms with Crippen molar-refractivity contribution in [2.24, 2.45) is 0 Å². The SMILES string of the molecule is OCC#Cc1ccc(COCC2CCCCO2)cc1. The van der Waals surface area contributed by atoms with Gasteiger partial charge in [-0.05, 0) is 37.0 Å². The van der Waals surface area contributed by atoms with Crippen molar-refractivity contribution in [1.29, 1.82) is 0 Å². The van der Waals surface area contributed by atoms with Crippen molar-refractivity contribution < 1.29 is 14.6 Å². The van der Waals surface area contributed by atoms with Crippen LogP contribution in [0.25, 0.3) is 0 Å². The molecule has 1 saturated heterocycles. The van der Waals surface area contributed by atoms with E-state index in [1.165, 1.54) is 12.8 Å². The second-order valence-corrected chi connectivity index (χ2v) is 4.66. The molecule has 1 aliphatic rings. The average molecular weight is 260 g/mol. The molecule has 2 rings (SSSR count). The van der Waals surface area contributed by atoms with E-state index in [1.807, 2.05) is 24.3 Å². The Hall–Kier alpha value is -1.34. The predicted molar refractivity (Wildman–Crippen MR) is 73.7 cm³/mol. The van der Waals surface area contributed by atoms with Crippen LogP contribution in [0.1, 0.15) is 30.4 Å². The number of hydrogen-bond donors (Lipinski definition) is 1. The number of hydrogen-bond acceptors (Lipinski definition) is 3. The molecule has 102 valence electrons. The van der Waals surface area contributed by atoms with Crippen LogP contribution in [0.3, 0.4) is 0 Å². The fourth-order valence-electron chi connectivity index (χ4n) is 2.07. The summed E-state index contributed by atoms with van der Waals surface area (Å²) in [5.41, 5.74) is 2.04. The minimum Gasteiger partial charge on any atom is -0.384 e. The third-order valence-electron chi connectivity index (χ3n) is 3.11. The molecule has 3 nitrogen and oxygen atoms in total. The maximum absolute atomic E-state index is 8.62. The van der Waals surface area contributed by atoms with E-state index in [1.54, 1.807) is 0 Å². The van der Waals surface area contributed by atoms with E-state index in [-0.39, 0.29) is 12.7 Å². The molecule has 0 aromatic heterocycles. The van der Waals surface area contributed by atoms with Crippen LogP contribution in [-0.2, 0) is 16.1 Å². The Morgan fingerprint density at radius 3 is 2.79 bits per heavy atom. The lowest BCUT2D eigenvalue weighted by Crippen LogP contribution is -2.24. The molecule has 0 spiro atoms. The Bertz CT molecular complexity index is 422. The molecule has 0 amide bonds. The van der Waals surface area contributed by atoms with Crippen LogP contribution in [0.5, 0.6) is 0 Å². The fourth-order valence-corrected chi connectivity index (χ4v) is 2.07. The van der Waals surface area contributed by atoms with Crippen LogP contribution in [0.15, 0.2) is 24.3 Å². The number of aliphatic hydroxyl groups is 1. The number of rotatable bonds is 4. The third kappa shape index (κ3) is 5.04. The van der Waals surface area contributed by atoms with Gasteiger partial charge in [0.05, 0.1) is 19.3 Å². The lowest BCUT2D eigenvalue weighted by Gasteiger charge is -2.22. The molecule has 1 fully saturated rings. The fraction of sp³-hybridized carbons (Fsp3) is 0.500. The van der Waals surface area contributed by atoms with Crippen LogP contribution in [0.4, 0.5) is 0 Å². The van der Waals surface area contributed by atoms with Crippen LogP contribution in [-0.4, -0.2) is 31.0 Å². The molecule has 1 unspecified atom stereocenters. The molecule has 1 heterocycles. The first-order valence-electron chi connectivity index (χ1n) is 6.76. The molecule has 1 aromatic carbocycles. The van der Waals surface area contributed by atoms with Crippen LogP contribution >= 0.6 is 0 Å². The second kappa shape index (κ2) is 7.96. The van der Waals surface area contributed by atoms with Gasteiger partial charge in [0.15, 0.2) is 0 Å². The summed E-state index contributed by atoms with van der Waals surface area (Å²) >= 11 is 0. The Morgan fingerprint density at radius 2 is 2.11 bits per heavy atom. The van der Waals surface area contributed by atoms with Crippen molar-refractivity contribution in [3.63, 3.8) is 0 Å². The van der Waals surface area contributed by atoms with Crippen molar-refractivity contribution in [3.05, 3.63) is 35.4 Å². The van der Waals surface area contributed by atoms with Gasteiger partial charge < -0.3 is 14.6 Å². The molecule has 1 N–H and O–H groups in total. The van der Waals surface area contributed by atoms with Crippen LogP contribution in [0, 0.1) is 11.8 Å². The minimum atomic E-state index is -0.105. The average Bonchev–Trinajstić information content (AvgIpc) is 2.47. The first-order chi connectivity index (χ1) is 9.38. The highest BCUT2D eigenvalue weighted by atomic mass is 16.5. The van der Waals surface area contributed by atoms with Gasteiger partial charge in [0.1, 0.15) is 6.61 Å².